The second kappa shape index (κ2) is 4.12. The summed E-state index contributed by atoms with van der Waals surface area (Å²) in [6, 6.07) is 2.36. The maximum absolute atomic E-state index is 6.36. The molecule has 1 aromatic carbocycles. The van der Waals surface area contributed by atoms with Gasteiger partial charge in [-0.15, -0.1) is 0 Å². The van der Waals surface area contributed by atoms with E-state index in [2.05, 4.69) is 33.8 Å². The van der Waals surface area contributed by atoms with Gasteiger partial charge in [0.05, 0.1) is 0 Å². The molecule has 88 valence electrons. The van der Waals surface area contributed by atoms with Crippen LogP contribution >= 0.6 is 0 Å². The van der Waals surface area contributed by atoms with Crippen molar-refractivity contribution in [3.05, 3.63) is 28.3 Å². The zero-order valence-corrected chi connectivity index (χ0v) is 10.9. The molecule has 0 saturated heterocycles. The van der Waals surface area contributed by atoms with Gasteiger partial charge in [-0.05, 0) is 53.4 Å². The topological polar surface area (TPSA) is 26.0 Å². The number of nitrogens with two attached hydrogens (primary N) is 1. The Bertz CT molecular complexity index is 402. The van der Waals surface area contributed by atoms with E-state index in [1.54, 1.807) is 11.1 Å². The highest BCUT2D eigenvalue weighted by molar-refractivity contribution is 5.63. The quantitative estimate of drug-likeness (QED) is 0.744. The first-order valence-corrected chi connectivity index (χ1v) is 6.46. The van der Waals surface area contributed by atoms with Gasteiger partial charge in [0.2, 0.25) is 0 Å². The average Bonchev–Trinajstić information content (AvgIpc) is 2.62. The Kier molecular flexibility index (Phi) is 2.96. The highest BCUT2D eigenvalue weighted by Gasteiger charge is 2.22. The van der Waals surface area contributed by atoms with E-state index in [-0.39, 0.29) is 0 Å². The summed E-state index contributed by atoms with van der Waals surface area (Å²) in [7, 11) is 0. The molecule has 2 N–H and O–H groups in total. The monoisotopic (exact) mass is 217 g/mol. The molecule has 0 atom stereocenters. The van der Waals surface area contributed by atoms with Crippen molar-refractivity contribution in [1.82, 2.24) is 0 Å². The Morgan fingerprint density at radius 3 is 2.31 bits per heavy atom. The van der Waals surface area contributed by atoms with Crippen LogP contribution in [0.1, 0.15) is 68.2 Å². The number of fused-ring (bicyclic) bond motifs is 1. The predicted octanol–water partition coefficient (Wildman–Crippen LogP) is 4.00. The molecule has 2 rings (SSSR count). The summed E-state index contributed by atoms with van der Waals surface area (Å²) in [6.07, 6.45) is 3.77. The first kappa shape index (κ1) is 11.5. The summed E-state index contributed by atoms with van der Waals surface area (Å²) < 4.78 is 0. The molecule has 16 heavy (non-hydrogen) atoms. The van der Waals surface area contributed by atoms with E-state index in [9.17, 15) is 0 Å². The van der Waals surface area contributed by atoms with E-state index in [1.165, 1.54) is 30.4 Å². The molecule has 0 spiro atoms. The van der Waals surface area contributed by atoms with Crippen molar-refractivity contribution in [2.75, 3.05) is 5.73 Å². The van der Waals surface area contributed by atoms with Crippen molar-refractivity contribution < 1.29 is 0 Å². The van der Waals surface area contributed by atoms with E-state index in [1.807, 2.05) is 0 Å². The van der Waals surface area contributed by atoms with Gasteiger partial charge in [-0.2, -0.15) is 0 Å². The third-order valence-electron chi connectivity index (χ3n) is 3.72. The van der Waals surface area contributed by atoms with Crippen LogP contribution in [-0.4, -0.2) is 0 Å². The zero-order valence-electron chi connectivity index (χ0n) is 10.9. The van der Waals surface area contributed by atoms with Gasteiger partial charge < -0.3 is 5.73 Å². The third kappa shape index (κ3) is 1.73. The van der Waals surface area contributed by atoms with Crippen molar-refractivity contribution in [3.8, 4) is 0 Å². The first-order valence-electron chi connectivity index (χ1n) is 6.46. The summed E-state index contributed by atoms with van der Waals surface area (Å²) >= 11 is 0. The van der Waals surface area contributed by atoms with Crippen molar-refractivity contribution in [2.24, 2.45) is 0 Å². The summed E-state index contributed by atoms with van der Waals surface area (Å²) in [4.78, 5) is 0. The molecule has 0 aliphatic heterocycles. The van der Waals surface area contributed by atoms with E-state index < -0.39 is 0 Å². The van der Waals surface area contributed by atoms with E-state index in [0.29, 0.717) is 11.8 Å². The van der Waals surface area contributed by atoms with Crippen LogP contribution in [0.3, 0.4) is 0 Å². The minimum atomic E-state index is 0.531. The zero-order chi connectivity index (χ0) is 11.9. The maximum atomic E-state index is 6.36. The van der Waals surface area contributed by atoms with Crippen molar-refractivity contribution in [2.45, 2.75) is 58.8 Å². The number of hydrogen-bond donors (Lipinski definition) is 1. The lowest BCUT2D eigenvalue weighted by Gasteiger charge is -2.20. The third-order valence-corrected chi connectivity index (χ3v) is 3.72. The van der Waals surface area contributed by atoms with Gasteiger partial charge in [0.1, 0.15) is 0 Å². The van der Waals surface area contributed by atoms with Crippen LogP contribution in [0, 0.1) is 0 Å². The van der Waals surface area contributed by atoms with E-state index in [4.69, 9.17) is 5.73 Å². The van der Waals surface area contributed by atoms with E-state index in [0.717, 1.165) is 5.69 Å². The van der Waals surface area contributed by atoms with Crippen LogP contribution in [0.25, 0.3) is 0 Å². The molecule has 0 unspecified atom stereocenters. The number of nitrogen functional groups attached to an aromatic ring is 1. The molecule has 1 aromatic rings. The van der Waals surface area contributed by atoms with Crippen LogP contribution in [-0.2, 0) is 12.8 Å². The molecule has 0 radical (unpaired) electrons. The molecular formula is C15H23N. The molecule has 0 amide bonds. The lowest BCUT2D eigenvalue weighted by atomic mass is 9.87. The SMILES string of the molecule is CC(C)c1cc2c(c(C(C)C)c1N)CCC2. The highest BCUT2D eigenvalue weighted by atomic mass is 14.6. The fourth-order valence-electron chi connectivity index (χ4n) is 2.95. The number of aryl methyl sites for hydroxylation is 1. The van der Waals surface area contributed by atoms with E-state index >= 15 is 0 Å². The number of anilines is 1. The molecule has 1 nitrogen and oxygen atoms in total. The van der Waals surface area contributed by atoms with Gasteiger partial charge in [0, 0.05) is 5.69 Å². The predicted molar refractivity (Wildman–Crippen MR) is 71.1 cm³/mol. The van der Waals surface area contributed by atoms with Crippen LogP contribution < -0.4 is 5.73 Å². The maximum Gasteiger partial charge on any atom is 0.0387 e. The molecule has 0 heterocycles. The fraction of sp³-hybridized carbons (Fsp3) is 0.600. The Morgan fingerprint density at radius 2 is 1.75 bits per heavy atom. The fourth-order valence-corrected chi connectivity index (χ4v) is 2.95. The van der Waals surface area contributed by atoms with Crippen LogP contribution in [0.2, 0.25) is 0 Å². The van der Waals surface area contributed by atoms with Gasteiger partial charge in [-0.25, -0.2) is 0 Å². The number of hydrogen-bond acceptors (Lipinski definition) is 1. The Balaban J connectivity index is 2.65. The molecule has 0 bridgehead atoms. The largest absolute Gasteiger partial charge is 0.398 e. The van der Waals surface area contributed by atoms with Gasteiger partial charge in [-0.3, -0.25) is 0 Å². The van der Waals surface area contributed by atoms with Gasteiger partial charge >= 0.3 is 0 Å². The Morgan fingerprint density at radius 1 is 1.06 bits per heavy atom. The van der Waals surface area contributed by atoms with Crippen molar-refractivity contribution >= 4 is 5.69 Å². The molecule has 1 aliphatic carbocycles. The van der Waals surface area contributed by atoms with Crippen LogP contribution in [0.15, 0.2) is 6.07 Å². The smallest absolute Gasteiger partial charge is 0.0387 e. The van der Waals surface area contributed by atoms with Gasteiger partial charge in [0.15, 0.2) is 0 Å². The highest BCUT2D eigenvalue weighted by Crippen LogP contribution is 2.38. The van der Waals surface area contributed by atoms with Gasteiger partial charge in [-0.1, -0.05) is 33.8 Å². The minimum absolute atomic E-state index is 0.531. The standard InChI is InChI=1S/C15H23N/c1-9(2)13-8-11-6-5-7-12(11)14(10(3)4)15(13)16/h8-10H,5-7,16H2,1-4H3. The second-order valence-electron chi connectivity index (χ2n) is 5.59. The molecule has 1 heteroatoms. The summed E-state index contributed by atoms with van der Waals surface area (Å²) in [5.74, 6) is 1.08. The molecule has 0 aromatic heterocycles. The Hall–Kier alpha value is -0.980. The minimum Gasteiger partial charge on any atom is -0.398 e. The summed E-state index contributed by atoms with van der Waals surface area (Å²) in [6.45, 7) is 8.98. The van der Waals surface area contributed by atoms with Crippen LogP contribution in [0.5, 0.6) is 0 Å². The first-order chi connectivity index (χ1) is 7.52. The van der Waals surface area contributed by atoms with Crippen LogP contribution in [0.4, 0.5) is 5.69 Å². The summed E-state index contributed by atoms with van der Waals surface area (Å²) in [5.41, 5.74) is 13.3. The lowest BCUT2D eigenvalue weighted by molar-refractivity contribution is 0.824. The molecule has 1 aliphatic rings. The molecule has 0 saturated carbocycles. The van der Waals surface area contributed by atoms with Gasteiger partial charge in [0.25, 0.3) is 0 Å². The summed E-state index contributed by atoms with van der Waals surface area (Å²) in [5, 5.41) is 0. The lowest BCUT2D eigenvalue weighted by Crippen LogP contribution is -2.07. The number of benzene rings is 1. The second-order valence-corrected chi connectivity index (χ2v) is 5.59. The molecular weight excluding hydrogens is 194 g/mol. The van der Waals surface area contributed by atoms with Crippen molar-refractivity contribution in [1.29, 1.82) is 0 Å². The average molecular weight is 217 g/mol. The normalized spacial score (nSPS) is 14.9. The Labute approximate surface area is 99.0 Å². The van der Waals surface area contributed by atoms with Crippen molar-refractivity contribution in [3.63, 3.8) is 0 Å². The number of rotatable bonds is 2. The molecule has 0 fully saturated rings.